The smallest absolute Gasteiger partial charge is 0.307 e. The minimum atomic E-state index is -1.74. The largest absolute Gasteiger partial charge is 0.466 e. The van der Waals surface area contributed by atoms with Crippen molar-refractivity contribution < 1.29 is 37.3 Å². The Bertz CT molecular complexity index is 597. The average Bonchev–Trinajstić information content (AvgIpc) is 2.59. The summed E-state index contributed by atoms with van der Waals surface area (Å²) in [7, 11) is 0. The number of aliphatic hydroxyl groups is 1. The lowest BCUT2D eigenvalue weighted by Gasteiger charge is -2.22. The second-order valence-corrected chi connectivity index (χ2v) is 4.91. The zero-order valence-electron chi connectivity index (χ0n) is 13.8. The van der Waals surface area contributed by atoms with Crippen LogP contribution in [0.4, 0.5) is 13.2 Å². The van der Waals surface area contributed by atoms with Gasteiger partial charge in [0.05, 0.1) is 38.4 Å². The van der Waals surface area contributed by atoms with E-state index >= 15 is 0 Å². The number of carbonyl (C=O) groups excluding carboxylic acids is 2. The minimum Gasteiger partial charge on any atom is -0.466 e. The van der Waals surface area contributed by atoms with Crippen molar-refractivity contribution in [2.45, 2.75) is 13.3 Å². The second kappa shape index (κ2) is 10.7. The first kappa shape index (κ1) is 20.9. The number of ether oxygens (including phenoxy) is 2. The van der Waals surface area contributed by atoms with E-state index < -0.39 is 34.9 Å². The molecular formula is C16H20F3NO5. The van der Waals surface area contributed by atoms with Crippen LogP contribution in [-0.2, 0) is 14.3 Å². The number of aliphatic hydroxyl groups excluding tert-OH is 1. The average molecular weight is 363 g/mol. The third-order valence-electron chi connectivity index (χ3n) is 3.19. The molecule has 1 amide bonds. The van der Waals surface area contributed by atoms with Gasteiger partial charge in [-0.1, -0.05) is 0 Å². The molecule has 140 valence electrons. The van der Waals surface area contributed by atoms with Crippen molar-refractivity contribution in [2.24, 2.45) is 0 Å². The van der Waals surface area contributed by atoms with E-state index in [0.29, 0.717) is 6.07 Å². The number of nitrogens with zero attached hydrogens (tertiary/aromatic N) is 1. The Morgan fingerprint density at radius 2 is 1.84 bits per heavy atom. The number of esters is 1. The Morgan fingerprint density at radius 3 is 2.48 bits per heavy atom. The highest BCUT2D eigenvalue weighted by atomic mass is 19.2. The Morgan fingerprint density at radius 1 is 1.12 bits per heavy atom. The summed E-state index contributed by atoms with van der Waals surface area (Å²) in [5, 5.41) is 8.65. The summed E-state index contributed by atoms with van der Waals surface area (Å²) < 4.78 is 50.0. The van der Waals surface area contributed by atoms with Crippen LogP contribution in [-0.4, -0.2) is 61.4 Å². The van der Waals surface area contributed by atoms with Gasteiger partial charge < -0.3 is 19.5 Å². The van der Waals surface area contributed by atoms with E-state index in [2.05, 4.69) is 0 Å². The van der Waals surface area contributed by atoms with Gasteiger partial charge in [0.1, 0.15) is 0 Å². The highest BCUT2D eigenvalue weighted by molar-refractivity contribution is 5.94. The maximum atomic E-state index is 13.8. The topological polar surface area (TPSA) is 76.1 Å². The van der Waals surface area contributed by atoms with E-state index in [0.717, 1.165) is 11.0 Å². The van der Waals surface area contributed by atoms with Crippen LogP contribution in [0.25, 0.3) is 0 Å². The van der Waals surface area contributed by atoms with Gasteiger partial charge >= 0.3 is 5.97 Å². The van der Waals surface area contributed by atoms with Gasteiger partial charge in [-0.05, 0) is 19.1 Å². The number of benzene rings is 1. The highest BCUT2D eigenvalue weighted by Gasteiger charge is 2.24. The molecule has 0 aliphatic carbocycles. The van der Waals surface area contributed by atoms with E-state index in [1.807, 2.05) is 0 Å². The van der Waals surface area contributed by atoms with Crippen LogP contribution < -0.4 is 0 Å². The molecule has 0 saturated carbocycles. The fourth-order valence-corrected chi connectivity index (χ4v) is 1.98. The van der Waals surface area contributed by atoms with E-state index in [-0.39, 0.29) is 45.9 Å². The van der Waals surface area contributed by atoms with Gasteiger partial charge in [0, 0.05) is 13.1 Å². The molecule has 0 fully saturated rings. The summed E-state index contributed by atoms with van der Waals surface area (Å²) >= 11 is 0. The fourth-order valence-electron chi connectivity index (χ4n) is 1.98. The van der Waals surface area contributed by atoms with Crippen molar-refractivity contribution in [3.63, 3.8) is 0 Å². The monoisotopic (exact) mass is 363 g/mol. The van der Waals surface area contributed by atoms with Crippen LogP contribution >= 0.6 is 0 Å². The van der Waals surface area contributed by atoms with Crippen molar-refractivity contribution in [3.8, 4) is 0 Å². The number of hydrogen-bond donors (Lipinski definition) is 1. The summed E-state index contributed by atoms with van der Waals surface area (Å²) in [6.07, 6.45) is -0.148. The van der Waals surface area contributed by atoms with E-state index in [4.69, 9.17) is 14.6 Å². The lowest BCUT2D eigenvalue weighted by molar-refractivity contribution is -0.143. The Kier molecular flexibility index (Phi) is 8.93. The van der Waals surface area contributed by atoms with Gasteiger partial charge in [-0.3, -0.25) is 9.59 Å². The van der Waals surface area contributed by atoms with Crippen LogP contribution in [0.5, 0.6) is 0 Å². The standard InChI is InChI=1S/C16H20F3NO5/c1-2-25-13(22)5-6-20(7-9-24-10-8-21)16(23)11-3-4-12(17)15(19)14(11)18/h3-4,21H,2,5-10H2,1H3. The zero-order chi connectivity index (χ0) is 18.8. The van der Waals surface area contributed by atoms with Crippen molar-refractivity contribution in [1.82, 2.24) is 4.90 Å². The van der Waals surface area contributed by atoms with Crippen LogP contribution in [0.1, 0.15) is 23.7 Å². The molecule has 1 aromatic carbocycles. The molecule has 0 unspecified atom stereocenters. The molecule has 0 aromatic heterocycles. The van der Waals surface area contributed by atoms with Crippen molar-refractivity contribution in [3.05, 3.63) is 35.1 Å². The number of halogens is 3. The molecule has 0 spiro atoms. The lowest BCUT2D eigenvalue weighted by Crippen LogP contribution is -2.36. The predicted molar refractivity (Wildman–Crippen MR) is 81.4 cm³/mol. The van der Waals surface area contributed by atoms with Crippen LogP contribution in [0.15, 0.2) is 12.1 Å². The van der Waals surface area contributed by atoms with Gasteiger partial charge in [-0.25, -0.2) is 13.2 Å². The maximum Gasteiger partial charge on any atom is 0.307 e. The summed E-state index contributed by atoms with van der Waals surface area (Å²) in [5.41, 5.74) is -0.648. The summed E-state index contributed by atoms with van der Waals surface area (Å²) in [5.74, 6) is -6.20. The quantitative estimate of drug-likeness (QED) is 0.387. The van der Waals surface area contributed by atoms with Gasteiger partial charge in [-0.15, -0.1) is 0 Å². The lowest BCUT2D eigenvalue weighted by atomic mass is 10.1. The Labute approximate surface area is 143 Å². The zero-order valence-corrected chi connectivity index (χ0v) is 13.8. The van der Waals surface area contributed by atoms with Crippen molar-refractivity contribution in [2.75, 3.05) is 39.5 Å². The molecule has 0 bridgehead atoms. The van der Waals surface area contributed by atoms with Crippen LogP contribution in [0.3, 0.4) is 0 Å². The number of carbonyl (C=O) groups is 2. The Balaban J connectivity index is 2.87. The minimum absolute atomic E-state index is 0.0143. The first-order chi connectivity index (χ1) is 11.9. The van der Waals surface area contributed by atoms with Gasteiger partial charge in [0.25, 0.3) is 5.91 Å². The molecular weight excluding hydrogens is 343 g/mol. The Hall–Kier alpha value is -2.13. The molecule has 6 nitrogen and oxygen atoms in total. The maximum absolute atomic E-state index is 13.8. The van der Waals surface area contributed by atoms with Crippen molar-refractivity contribution >= 4 is 11.9 Å². The molecule has 1 aromatic rings. The van der Waals surface area contributed by atoms with Crippen LogP contribution in [0.2, 0.25) is 0 Å². The van der Waals surface area contributed by atoms with E-state index in [1.165, 1.54) is 0 Å². The number of rotatable bonds is 10. The highest BCUT2D eigenvalue weighted by Crippen LogP contribution is 2.17. The predicted octanol–water partition coefficient (Wildman–Crippen LogP) is 1.51. The number of hydrogen-bond acceptors (Lipinski definition) is 5. The second-order valence-electron chi connectivity index (χ2n) is 4.91. The van der Waals surface area contributed by atoms with Gasteiger partial charge in [0.15, 0.2) is 17.5 Å². The molecule has 0 atom stereocenters. The van der Waals surface area contributed by atoms with E-state index in [1.54, 1.807) is 6.92 Å². The SMILES string of the molecule is CCOC(=O)CCN(CCOCCO)C(=O)c1ccc(F)c(F)c1F. The molecule has 0 radical (unpaired) electrons. The summed E-state index contributed by atoms with van der Waals surface area (Å²) in [6, 6.07) is 1.49. The fraction of sp³-hybridized carbons (Fsp3) is 0.500. The van der Waals surface area contributed by atoms with Gasteiger partial charge in [0.2, 0.25) is 0 Å². The molecule has 1 rings (SSSR count). The molecule has 25 heavy (non-hydrogen) atoms. The normalized spacial score (nSPS) is 10.6. The molecule has 0 aliphatic heterocycles. The summed E-state index contributed by atoms with van der Waals surface area (Å²) in [4.78, 5) is 24.9. The first-order valence-electron chi connectivity index (χ1n) is 7.69. The van der Waals surface area contributed by atoms with E-state index in [9.17, 15) is 22.8 Å². The third kappa shape index (κ3) is 6.35. The van der Waals surface area contributed by atoms with Crippen LogP contribution in [0, 0.1) is 17.5 Å². The van der Waals surface area contributed by atoms with Crippen molar-refractivity contribution in [1.29, 1.82) is 0 Å². The molecule has 0 aliphatic rings. The molecule has 0 heterocycles. The molecule has 9 heteroatoms. The summed E-state index contributed by atoms with van der Waals surface area (Å²) in [6.45, 7) is 1.49. The molecule has 0 saturated heterocycles. The number of amides is 1. The third-order valence-corrected chi connectivity index (χ3v) is 3.19. The molecule has 1 N–H and O–H groups in total. The van der Waals surface area contributed by atoms with Gasteiger partial charge in [-0.2, -0.15) is 0 Å². The first-order valence-corrected chi connectivity index (χ1v) is 7.69.